The number of rotatable bonds is 5. The van der Waals surface area contributed by atoms with Gasteiger partial charge in [0.2, 0.25) is 5.91 Å². The molecular weight excluding hydrogens is 397 g/mol. The van der Waals surface area contributed by atoms with Gasteiger partial charge in [-0.25, -0.2) is 4.39 Å². The van der Waals surface area contributed by atoms with Crippen molar-refractivity contribution in [3.8, 4) is 11.3 Å². The minimum atomic E-state index is -0.607. The summed E-state index contributed by atoms with van der Waals surface area (Å²) in [6, 6.07) is 12.6. The van der Waals surface area contributed by atoms with Gasteiger partial charge in [-0.3, -0.25) is 14.9 Å². The number of carbonyl (C=O) groups excluding carboxylic acids is 1. The van der Waals surface area contributed by atoms with Crippen molar-refractivity contribution in [2.45, 2.75) is 12.3 Å². The van der Waals surface area contributed by atoms with Gasteiger partial charge in [0.15, 0.2) is 0 Å². The Balaban J connectivity index is 1.34. The van der Waals surface area contributed by atoms with Gasteiger partial charge >= 0.3 is 0 Å². The molecule has 2 N–H and O–H groups in total. The Kier molecular flexibility index (Phi) is 4.58. The zero-order valence-electron chi connectivity index (χ0n) is 16.8. The number of halogens is 1. The lowest BCUT2D eigenvalue weighted by Gasteiger charge is -2.49. The van der Waals surface area contributed by atoms with Crippen molar-refractivity contribution in [1.82, 2.24) is 30.3 Å². The molecule has 0 saturated carbocycles. The van der Waals surface area contributed by atoms with E-state index in [1.165, 1.54) is 13.0 Å². The average molecular weight is 417 g/mol. The Labute approximate surface area is 177 Å². The molecule has 9 heteroatoms. The van der Waals surface area contributed by atoms with Crippen molar-refractivity contribution in [1.29, 1.82) is 0 Å². The first kappa shape index (κ1) is 19.1. The van der Waals surface area contributed by atoms with Crippen LogP contribution in [0.2, 0.25) is 0 Å². The van der Waals surface area contributed by atoms with Crippen molar-refractivity contribution >= 4 is 22.6 Å². The number of nitrogens with zero attached hydrogens (tertiary/aromatic N) is 5. The van der Waals surface area contributed by atoms with Gasteiger partial charge in [-0.15, -0.1) is 10.2 Å². The highest BCUT2D eigenvalue weighted by atomic mass is 19.1. The fourth-order valence-corrected chi connectivity index (χ4v) is 3.97. The molecule has 3 aromatic heterocycles. The van der Waals surface area contributed by atoms with E-state index in [0.717, 1.165) is 22.2 Å². The zero-order chi connectivity index (χ0) is 21.4. The molecule has 5 rings (SSSR count). The van der Waals surface area contributed by atoms with Gasteiger partial charge in [0.25, 0.3) is 0 Å². The van der Waals surface area contributed by atoms with Crippen molar-refractivity contribution in [2.75, 3.05) is 25.0 Å². The maximum Gasteiger partial charge on any atom is 0.219 e. The summed E-state index contributed by atoms with van der Waals surface area (Å²) >= 11 is 0. The summed E-state index contributed by atoms with van der Waals surface area (Å²) in [5.41, 5.74) is 2.39. The maximum absolute atomic E-state index is 14.5. The predicted molar refractivity (Wildman–Crippen MR) is 114 cm³/mol. The molecule has 0 radical (unpaired) electrons. The van der Waals surface area contributed by atoms with Crippen LogP contribution < -0.4 is 5.32 Å². The van der Waals surface area contributed by atoms with Gasteiger partial charge in [-0.05, 0) is 36.4 Å². The van der Waals surface area contributed by atoms with E-state index in [-0.39, 0.29) is 11.7 Å². The summed E-state index contributed by atoms with van der Waals surface area (Å²) in [7, 11) is 0. The number of anilines is 1. The number of aromatic amines is 1. The summed E-state index contributed by atoms with van der Waals surface area (Å²) in [4.78, 5) is 17.6. The number of H-pyrrole nitrogens is 1. The highest BCUT2D eigenvalue weighted by molar-refractivity contribution is 5.83. The Morgan fingerprint density at radius 2 is 2.10 bits per heavy atom. The lowest BCUT2D eigenvalue weighted by Crippen LogP contribution is -2.64. The molecule has 0 aliphatic carbocycles. The van der Waals surface area contributed by atoms with Crippen LogP contribution in [-0.2, 0) is 10.2 Å². The molecule has 1 amide bonds. The van der Waals surface area contributed by atoms with Crippen molar-refractivity contribution in [3.63, 3.8) is 0 Å². The van der Waals surface area contributed by atoms with E-state index in [1.54, 1.807) is 23.4 Å². The smallest absolute Gasteiger partial charge is 0.219 e. The number of benzene rings is 1. The standard InChI is InChI=1S/C22H20FN7O/c1-14(31)30-12-22(13-30,21-17(23)3-2-8-24-21)11-25-20-7-6-18(28-29-20)15-4-5-19-16(9-15)10-26-27-19/h2-10H,11-13H2,1H3,(H,25,29)(H,26,27). The molecule has 8 nitrogen and oxygen atoms in total. The summed E-state index contributed by atoms with van der Waals surface area (Å²) < 4.78 is 14.5. The van der Waals surface area contributed by atoms with Crippen LogP contribution in [0.3, 0.4) is 0 Å². The number of likely N-dealkylation sites (tertiary alicyclic amines) is 1. The monoisotopic (exact) mass is 417 g/mol. The number of nitrogens with one attached hydrogen (secondary N) is 2. The summed E-state index contributed by atoms with van der Waals surface area (Å²) in [5, 5.41) is 19.8. The highest BCUT2D eigenvalue weighted by Gasteiger charge is 2.48. The minimum absolute atomic E-state index is 0.0364. The molecule has 31 heavy (non-hydrogen) atoms. The SMILES string of the molecule is CC(=O)N1CC(CNc2ccc(-c3ccc4[nH]ncc4c3)nn2)(c2ncccc2F)C1. The fourth-order valence-electron chi connectivity index (χ4n) is 3.97. The molecule has 0 spiro atoms. The Bertz CT molecular complexity index is 1250. The van der Waals surface area contributed by atoms with E-state index < -0.39 is 5.41 Å². The fraction of sp³-hybridized carbons (Fsp3) is 0.227. The van der Waals surface area contributed by atoms with Gasteiger partial charge in [-0.1, -0.05) is 6.07 Å². The molecule has 1 fully saturated rings. The Morgan fingerprint density at radius 1 is 1.23 bits per heavy atom. The third-order valence-corrected chi connectivity index (χ3v) is 5.70. The lowest BCUT2D eigenvalue weighted by atomic mass is 9.76. The molecule has 4 heterocycles. The van der Waals surface area contributed by atoms with E-state index in [1.807, 2.05) is 30.3 Å². The number of aromatic nitrogens is 5. The first-order chi connectivity index (χ1) is 15.0. The van der Waals surface area contributed by atoms with Crippen LogP contribution in [0, 0.1) is 5.82 Å². The Hall–Kier alpha value is -3.88. The second kappa shape index (κ2) is 7.42. The molecule has 1 aliphatic heterocycles. The third kappa shape index (κ3) is 3.48. The lowest BCUT2D eigenvalue weighted by molar-refractivity contribution is -0.136. The van der Waals surface area contributed by atoms with Crippen LogP contribution in [0.15, 0.2) is 54.9 Å². The van der Waals surface area contributed by atoms with Crippen molar-refractivity contribution < 1.29 is 9.18 Å². The molecule has 4 aromatic rings. The minimum Gasteiger partial charge on any atom is -0.367 e. The van der Waals surface area contributed by atoms with Gasteiger partial charge in [-0.2, -0.15) is 5.10 Å². The molecule has 1 saturated heterocycles. The van der Waals surface area contributed by atoms with Crippen molar-refractivity contribution in [2.24, 2.45) is 0 Å². The van der Waals surface area contributed by atoms with Crippen LogP contribution in [0.1, 0.15) is 12.6 Å². The summed E-state index contributed by atoms with van der Waals surface area (Å²) in [6.07, 6.45) is 3.34. The zero-order valence-corrected chi connectivity index (χ0v) is 16.8. The molecule has 1 aliphatic rings. The second-order valence-electron chi connectivity index (χ2n) is 7.82. The summed E-state index contributed by atoms with van der Waals surface area (Å²) in [6.45, 7) is 2.70. The molecule has 156 valence electrons. The number of hydrogen-bond acceptors (Lipinski definition) is 6. The van der Waals surface area contributed by atoms with E-state index in [9.17, 15) is 9.18 Å². The predicted octanol–water partition coefficient (Wildman–Crippen LogP) is 2.77. The molecule has 1 aromatic carbocycles. The van der Waals surface area contributed by atoms with Crippen LogP contribution in [-0.4, -0.2) is 55.8 Å². The Morgan fingerprint density at radius 3 is 2.84 bits per heavy atom. The summed E-state index contributed by atoms with van der Waals surface area (Å²) in [5.74, 6) is 0.166. The van der Waals surface area contributed by atoms with Crippen LogP contribution >= 0.6 is 0 Å². The van der Waals surface area contributed by atoms with E-state index >= 15 is 0 Å². The normalized spacial score (nSPS) is 15.0. The van der Waals surface area contributed by atoms with E-state index in [0.29, 0.717) is 31.1 Å². The number of hydrogen-bond donors (Lipinski definition) is 2. The number of carbonyl (C=O) groups is 1. The third-order valence-electron chi connectivity index (χ3n) is 5.70. The van der Waals surface area contributed by atoms with E-state index in [4.69, 9.17) is 0 Å². The molecular formula is C22H20FN7O. The topological polar surface area (TPSA) is 99.7 Å². The highest BCUT2D eigenvalue weighted by Crippen LogP contribution is 2.35. The maximum atomic E-state index is 14.5. The van der Waals surface area contributed by atoms with Crippen molar-refractivity contribution in [3.05, 3.63) is 66.4 Å². The van der Waals surface area contributed by atoms with Gasteiger partial charge < -0.3 is 10.2 Å². The van der Waals surface area contributed by atoms with Crippen LogP contribution in [0.5, 0.6) is 0 Å². The first-order valence-corrected chi connectivity index (χ1v) is 9.92. The van der Waals surface area contributed by atoms with Crippen LogP contribution in [0.4, 0.5) is 10.2 Å². The van der Waals surface area contributed by atoms with Gasteiger partial charge in [0, 0.05) is 43.7 Å². The average Bonchev–Trinajstić information content (AvgIpc) is 3.22. The van der Waals surface area contributed by atoms with Gasteiger partial charge in [0.05, 0.1) is 28.5 Å². The first-order valence-electron chi connectivity index (χ1n) is 9.92. The van der Waals surface area contributed by atoms with Crippen LogP contribution in [0.25, 0.3) is 22.2 Å². The number of fused-ring (bicyclic) bond motifs is 1. The van der Waals surface area contributed by atoms with Gasteiger partial charge in [0.1, 0.15) is 11.6 Å². The van der Waals surface area contributed by atoms with E-state index in [2.05, 4.69) is 30.7 Å². The number of pyridine rings is 1. The number of amides is 1. The quantitative estimate of drug-likeness (QED) is 0.518. The molecule has 0 atom stereocenters. The molecule has 0 bridgehead atoms. The second-order valence-corrected chi connectivity index (χ2v) is 7.82. The largest absolute Gasteiger partial charge is 0.367 e. The molecule has 0 unspecified atom stereocenters.